The molecule has 0 aliphatic carbocycles. The summed E-state index contributed by atoms with van der Waals surface area (Å²) >= 11 is 10.3. The largest absolute Gasteiger partial charge is 0.243 e. The summed E-state index contributed by atoms with van der Waals surface area (Å²) in [5, 5.41) is 0. The molecule has 1 N–H and O–H groups in total. The van der Waals surface area contributed by atoms with E-state index in [-0.39, 0.29) is 11.4 Å². The van der Waals surface area contributed by atoms with Crippen LogP contribution in [0, 0.1) is 5.82 Å². The smallest absolute Gasteiger partial charge is 0.211 e. The molecule has 0 radical (unpaired) electrons. The van der Waals surface area contributed by atoms with Gasteiger partial charge in [0.2, 0.25) is 10.0 Å². The Morgan fingerprint density at radius 1 is 1.30 bits per heavy atom. The fourth-order valence-electron chi connectivity index (χ4n) is 1.57. The van der Waals surface area contributed by atoms with Crippen molar-refractivity contribution in [3.8, 4) is 0 Å². The van der Waals surface area contributed by atoms with Crippen molar-refractivity contribution in [1.29, 1.82) is 0 Å². The molecule has 2 aromatic rings. The van der Waals surface area contributed by atoms with Crippen molar-refractivity contribution in [2.75, 3.05) is 6.54 Å². The van der Waals surface area contributed by atoms with Gasteiger partial charge in [-0.3, -0.25) is 0 Å². The minimum absolute atomic E-state index is 0.189. The lowest BCUT2D eigenvalue weighted by molar-refractivity contribution is 0.557. The molecule has 0 saturated heterocycles. The van der Waals surface area contributed by atoms with Crippen LogP contribution in [0.3, 0.4) is 0 Å². The highest BCUT2D eigenvalue weighted by atomic mass is 79.9. The van der Waals surface area contributed by atoms with Crippen LogP contribution in [0.15, 0.2) is 39.7 Å². The minimum atomic E-state index is -3.85. The van der Waals surface area contributed by atoms with Crippen molar-refractivity contribution in [1.82, 2.24) is 4.72 Å². The fraction of sp³-hybridized carbons (Fsp3) is 0.167. The van der Waals surface area contributed by atoms with Crippen LogP contribution in [-0.2, 0) is 16.4 Å². The summed E-state index contributed by atoms with van der Waals surface area (Å²) < 4.78 is 41.1. The Labute approximate surface area is 134 Å². The summed E-state index contributed by atoms with van der Waals surface area (Å²) in [5.74, 6) is -0.786. The first-order chi connectivity index (χ1) is 9.38. The van der Waals surface area contributed by atoms with E-state index in [0.717, 1.165) is 10.9 Å². The number of benzene rings is 1. The average molecular weight is 399 g/mol. The zero-order chi connectivity index (χ0) is 14.8. The highest BCUT2D eigenvalue weighted by Crippen LogP contribution is 2.22. The van der Waals surface area contributed by atoms with E-state index in [2.05, 4.69) is 20.7 Å². The fourth-order valence-corrected chi connectivity index (χ4v) is 4.07. The van der Waals surface area contributed by atoms with Crippen LogP contribution >= 0.6 is 38.9 Å². The molecule has 0 aliphatic rings. The third-order valence-electron chi connectivity index (χ3n) is 2.48. The lowest BCUT2D eigenvalue weighted by Crippen LogP contribution is -2.26. The number of rotatable bonds is 5. The van der Waals surface area contributed by atoms with Gasteiger partial charge in [0.1, 0.15) is 10.7 Å². The van der Waals surface area contributed by atoms with Crippen LogP contribution in [0.25, 0.3) is 0 Å². The van der Waals surface area contributed by atoms with E-state index in [1.165, 1.54) is 23.5 Å². The van der Waals surface area contributed by atoms with Crippen molar-refractivity contribution in [3.05, 3.63) is 49.8 Å². The van der Waals surface area contributed by atoms with Crippen molar-refractivity contribution in [2.24, 2.45) is 0 Å². The van der Waals surface area contributed by atoms with Gasteiger partial charge in [-0.05, 0) is 36.8 Å². The number of thiophene rings is 1. The number of hydrogen-bond donors (Lipinski definition) is 1. The highest BCUT2D eigenvalue weighted by molar-refractivity contribution is 9.10. The van der Waals surface area contributed by atoms with Crippen LogP contribution in [0.5, 0.6) is 0 Å². The Kier molecular flexibility index (Phi) is 5.19. The topological polar surface area (TPSA) is 46.2 Å². The van der Waals surface area contributed by atoms with Crippen molar-refractivity contribution in [2.45, 2.75) is 11.3 Å². The molecular weight excluding hydrogens is 389 g/mol. The van der Waals surface area contributed by atoms with E-state index in [1.54, 1.807) is 6.07 Å². The third-order valence-corrected chi connectivity index (χ3v) is 5.75. The Morgan fingerprint density at radius 3 is 2.65 bits per heavy atom. The van der Waals surface area contributed by atoms with Gasteiger partial charge in [-0.25, -0.2) is 17.5 Å². The molecule has 0 amide bonds. The summed E-state index contributed by atoms with van der Waals surface area (Å²) in [4.78, 5) is 0.610. The van der Waals surface area contributed by atoms with Gasteiger partial charge in [0, 0.05) is 15.9 Å². The van der Waals surface area contributed by atoms with Gasteiger partial charge in [-0.15, -0.1) is 11.3 Å². The number of halogens is 3. The molecule has 1 aromatic heterocycles. The molecule has 8 heteroatoms. The predicted molar refractivity (Wildman–Crippen MR) is 82.3 cm³/mol. The molecule has 2 rings (SSSR count). The van der Waals surface area contributed by atoms with Crippen molar-refractivity contribution < 1.29 is 12.8 Å². The Bertz CT molecular complexity index is 718. The third kappa shape index (κ3) is 4.02. The Hall–Kier alpha value is -0.470. The van der Waals surface area contributed by atoms with E-state index in [1.807, 2.05) is 6.07 Å². The molecule has 1 heterocycles. The lowest BCUT2D eigenvalue weighted by Gasteiger charge is -2.07. The van der Waals surface area contributed by atoms with Crippen LogP contribution in [0.4, 0.5) is 4.39 Å². The number of sulfonamides is 1. The van der Waals surface area contributed by atoms with E-state index >= 15 is 0 Å². The maximum absolute atomic E-state index is 13.6. The molecule has 1 aromatic carbocycles. The van der Waals surface area contributed by atoms with Crippen LogP contribution < -0.4 is 4.72 Å². The molecule has 0 bridgehead atoms. The van der Waals surface area contributed by atoms with Gasteiger partial charge in [-0.1, -0.05) is 27.5 Å². The molecule has 0 unspecified atom stereocenters. The first kappa shape index (κ1) is 15.9. The molecule has 0 aliphatic heterocycles. The molecule has 3 nitrogen and oxygen atoms in total. The summed E-state index contributed by atoms with van der Waals surface area (Å²) in [7, 11) is -3.85. The predicted octanol–water partition coefficient (Wildman–Crippen LogP) is 3.82. The van der Waals surface area contributed by atoms with Crippen molar-refractivity contribution >= 4 is 48.9 Å². The Morgan fingerprint density at radius 2 is 2.05 bits per heavy atom. The first-order valence-electron chi connectivity index (χ1n) is 5.57. The molecule has 20 heavy (non-hydrogen) atoms. The highest BCUT2D eigenvalue weighted by Gasteiger charge is 2.18. The summed E-state index contributed by atoms with van der Waals surface area (Å²) in [6.07, 6.45) is 0.509. The van der Waals surface area contributed by atoms with Gasteiger partial charge in [0.15, 0.2) is 0 Å². The van der Waals surface area contributed by atoms with Gasteiger partial charge >= 0.3 is 0 Å². The standard InChI is InChI=1S/C12H10BrClFNO2S2/c13-8-1-3-11(10(15)7-8)20(17,18)16-6-5-9-2-4-12(14)19-9/h1-4,7,16H,5-6H2. The maximum Gasteiger partial charge on any atom is 0.243 e. The number of hydrogen-bond acceptors (Lipinski definition) is 3. The van der Waals surface area contributed by atoms with Crippen LogP contribution in [-0.4, -0.2) is 15.0 Å². The molecular formula is C12H10BrClFNO2S2. The van der Waals surface area contributed by atoms with E-state index in [9.17, 15) is 12.8 Å². The Balaban J connectivity index is 2.04. The molecule has 0 fully saturated rings. The van der Waals surface area contributed by atoms with Gasteiger partial charge in [0.05, 0.1) is 4.34 Å². The zero-order valence-corrected chi connectivity index (χ0v) is 14.0. The normalized spacial score (nSPS) is 11.8. The lowest BCUT2D eigenvalue weighted by atomic mass is 10.3. The second-order valence-corrected chi connectivity index (χ2v) is 8.38. The van der Waals surface area contributed by atoms with Crippen molar-refractivity contribution in [3.63, 3.8) is 0 Å². The molecule has 108 valence electrons. The van der Waals surface area contributed by atoms with Gasteiger partial charge in [-0.2, -0.15) is 0 Å². The second-order valence-electron chi connectivity index (χ2n) is 3.93. The molecule has 0 atom stereocenters. The SMILES string of the molecule is O=S(=O)(NCCc1ccc(Cl)s1)c1ccc(Br)cc1F. The molecule has 0 spiro atoms. The minimum Gasteiger partial charge on any atom is -0.211 e. The summed E-state index contributed by atoms with van der Waals surface area (Å²) in [6, 6.07) is 7.42. The quantitative estimate of drug-likeness (QED) is 0.832. The van der Waals surface area contributed by atoms with E-state index in [4.69, 9.17) is 11.6 Å². The van der Waals surface area contributed by atoms with Gasteiger partial charge < -0.3 is 0 Å². The van der Waals surface area contributed by atoms with E-state index < -0.39 is 15.8 Å². The summed E-state index contributed by atoms with van der Waals surface area (Å²) in [5.41, 5.74) is 0. The zero-order valence-electron chi connectivity index (χ0n) is 10.1. The van der Waals surface area contributed by atoms with E-state index in [0.29, 0.717) is 15.2 Å². The van der Waals surface area contributed by atoms with Crippen LogP contribution in [0.1, 0.15) is 4.88 Å². The second kappa shape index (κ2) is 6.53. The maximum atomic E-state index is 13.6. The first-order valence-corrected chi connectivity index (χ1v) is 9.04. The summed E-state index contributed by atoms with van der Waals surface area (Å²) in [6.45, 7) is 0.189. The van der Waals surface area contributed by atoms with Crippen LogP contribution in [0.2, 0.25) is 4.34 Å². The monoisotopic (exact) mass is 397 g/mol. The van der Waals surface area contributed by atoms with Gasteiger partial charge in [0.25, 0.3) is 0 Å². The molecule has 0 saturated carbocycles. The average Bonchev–Trinajstić information content (AvgIpc) is 2.74. The number of nitrogens with one attached hydrogen (secondary N) is 1.